The molecular weight excluding hydrogens is 256 g/mol. The number of likely N-dealkylation sites (tertiary alicyclic amines) is 1. The van der Waals surface area contributed by atoms with Crippen molar-refractivity contribution in [3.63, 3.8) is 0 Å². The van der Waals surface area contributed by atoms with Crippen LogP contribution in [0.1, 0.15) is 52.4 Å². The summed E-state index contributed by atoms with van der Waals surface area (Å²) in [5.74, 6) is -0.798. The molecule has 2 rings (SSSR count). The molecule has 5 heteroatoms. The first-order chi connectivity index (χ1) is 9.48. The van der Waals surface area contributed by atoms with E-state index in [1.165, 1.54) is 19.3 Å². The second-order valence-electron chi connectivity index (χ2n) is 6.40. The van der Waals surface area contributed by atoms with Gasteiger partial charge in [-0.25, -0.2) is 4.79 Å². The van der Waals surface area contributed by atoms with Crippen molar-refractivity contribution >= 4 is 12.0 Å². The molecule has 1 saturated carbocycles. The van der Waals surface area contributed by atoms with Gasteiger partial charge >= 0.3 is 12.0 Å². The van der Waals surface area contributed by atoms with E-state index >= 15 is 0 Å². The summed E-state index contributed by atoms with van der Waals surface area (Å²) in [5, 5.41) is 9.27. The third-order valence-electron chi connectivity index (χ3n) is 4.86. The lowest BCUT2D eigenvalue weighted by Crippen LogP contribution is -2.48. The SMILES string of the molecule is CCN(C(=O)N1CCC(C)(C(=O)O)C1)C1CCCCC1. The van der Waals surface area contributed by atoms with Gasteiger partial charge in [-0.15, -0.1) is 0 Å². The minimum Gasteiger partial charge on any atom is -0.481 e. The van der Waals surface area contributed by atoms with E-state index in [0.717, 1.165) is 12.8 Å². The van der Waals surface area contributed by atoms with Crippen LogP contribution in [0.2, 0.25) is 0 Å². The fourth-order valence-electron chi connectivity index (χ4n) is 3.42. The summed E-state index contributed by atoms with van der Waals surface area (Å²) in [6.45, 7) is 5.36. The van der Waals surface area contributed by atoms with E-state index in [2.05, 4.69) is 0 Å². The number of amides is 2. The predicted molar refractivity (Wildman–Crippen MR) is 76.6 cm³/mol. The van der Waals surface area contributed by atoms with Gasteiger partial charge in [0.25, 0.3) is 0 Å². The number of hydrogen-bond acceptors (Lipinski definition) is 2. The van der Waals surface area contributed by atoms with Crippen LogP contribution >= 0.6 is 0 Å². The average Bonchev–Trinajstić information content (AvgIpc) is 2.85. The molecule has 0 aromatic carbocycles. The largest absolute Gasteiger partial charge is 0.481 e. The normalized spacial score (nSPS) is 27.6. The van der Waals surface area contributed by atoms with Crippen LogP contribution in [-0.4, -0.2) is 52.6 Å². The fourth-order valence-corrected chi connectivity index (χ4v) is 3.42. The zero-order valence-corrected chi connectivity index (χ0v) is 12.6. The lowest BCUT2D eigenvalue weighted by molar-refractivity contribution is -0.147. The Labute approximate surface area is 120 Å². The molecule has 1 unspecified atom stereocenters. The summed E-state index contributed by atoms with van der Waals surface area (Å²) in [6, 6.07) is 0.377. The number of carbonyl (C=O) groups excluding carboxylic acids is 1. The second-order valence-corrected chi connectivity index (χ2v) is 6.40. The van der Waals surface area contributed by atoms with Crippen LogP contribution < -0.4 is 0 Å². The molecule has 1 saturated heterocycles. The number of carboxylic acids is 1. The maximum Gasteiger partial charge on any atom is 0.320 e. The third kappa shape index (κ3) is 2.91. The molecule has 1 aliphatic heterocycles. The molecule has 0 spiro atoms. The molecule has 1 aliphatic carbocycles. The van der Waals surface area contributed by atoms with Crippen LogP contribution in [0.15, 0.2) is 0 Å². The van der Waals surface area contributed by atoms with Crippen LogP contribution in [0, 0.1) is 5.41 Å². The Bertz CT molecular complexity index is 379. The number of carbonyl (C=O) groups is 2. The molecule has 20 heavy (non-hydrogen) atoms. The van der Waals surface area contributed by atoms with E-state index in [-0.39, 0.29) is 6.03 Å². The van der Waals surface area contributed by atoms with Gasteiger partial charge in [0.05, 0.1) is 5.41 Å². The standard InChI is InChI=1S/C15H26N2O3/c1-3-17(12-7-5-4-6-8-12)14(20)16-10-9-15(2,11-16)13(18)19/h12H,3-11H2,1-2H3,(H,18,19). The summed E-state index contributed by atoms with van der Waals surface area (Å²) in [5.41, 5.74) is -0.776. The quantitative estimate of drug-likeness (QED) is 0.865. The second kappa shape index (κ2) is 6.02. The molecule has 0 aromatic heterocycles. The highest BCUT2D eigenvalue weighted by Crippen LogP contribution is 2.32. The maximum atomic E-state index is 12.6. The molecule has 114 valence electrons. The summed E-state index contributed by atoms with van der Waals surface area (Å²) in [4.78, 5) is 27.6. The van der Waals surface area contributed by atoms with Crippen molar-refractivity contribution in [2.75, 3.05) is 19.6 Å². The molecule has 0 radical (unpaired) electrons. The van der Waals surface area contributed by atoms with E-state index in [1.807, 2.05) is 11.8 Å². The molecule has 2 fully saturated rings. The van der Waals surface area contributed by atoms with Crippen molar-refractivity contribution in [1.82, 2.24) is 9.80 Å². The highest BCUT2D eigenvalue weighted by molar-refractivity contribution is 5.79. The predicted octanol–water partition coefficient (Wildman–Crippen LogP) is 2.56. The maximum absolute atomic E-state index is 12.6. The molecular formula is C15H26N2O3. The van der Waals surface area contributed by atoms with Crippen LogP contribution in [0.4, 0.5) is 4.79 Å². The monoisotopic (exact) mass is 282 g/mol. The van der Waals surface area contributed by atoms with Gasteiger partial charge in [0, 0.05) is 25.7 Å². The van der Waals surface area contributed by atoms with Gasteiger partial charge in [-0.1, -0.05) is 19.3 Å². The number of urea groups is 1. The van der Waals surface area contributed by atoms with Gasteiger partial charge in [-0.05, 0) is 33.1 Å². The summed E-state index contributed by atoms with van der Waals surface area (Å²) >= 11 is 0. The first-order valence-electron chi connectivity index (χ1n) is 7.77. The van der Waals surface area contributed by atoms with E-state index in [0.29, 0.717) is 32.1 Å². The van der Waals surface area contributed by atoms with Gasteiger partial charge in [0.1, 0.15) is 0 Å². The van der Waals surface area contributed by atoms with Crippen molar-refractivity contribution in [3.8, 4) is 0 Å². The Hall–Kier alpha value is -1.26. The molecule has 5 nitrogen and oxygen atoms in total. The molecule has 1 heterocycles. The third-order valence-corrected chi connectivity index (χ3v) is 4.86. The zero-order valence-electron chi connectivity index (χ0n) is 12.6. The molecule has 0 bridgehead atoms. The Kier molecular flexibility index (Phi) is 4.55. The summed E-state index contributed by atoms with van der Waals surface area (Å²) < 4.78 is 0. The first kappa shape index (κ1) is 15.1. The molecule has 1 atom stereocenters. The van der Waals surface area contributed by atoms with Gasteiger partial charge in [0.15, 0.2) is 0 Å². The van der Waals surface area contributed by atoms with Crippen molar-refractivity contribution in [3.05, 3.63) is 0 Å². The van der Waals surface area contributed by atoms with E-state index in [1.54, 1.807) is 11.8 Å². The lowest BCUT2D eigenvalue weighted by Gasteiger charge is -2.36. The van der Waals surface area contributed by atoms with Crippen LogP contribution in [-0.2, 0) is 4.79 Å². The first-order valence-corrected chi connectivity index (χ1v) is 7.77. The highest BCUT2D eigenvalue weighted by atomic mass is 16.4. The van der Waals surface area contributed by atoms with Crippen LogP contribution in [0.25, 0.3) is 0 Å². The highest BCUT2D eigenvalue weighted by Gasteiger charge is 2.43. The van der Waals surface area contributed by atoms with E-state index in [4.69, 9.17) is 0 Å². The Balaban J connectivity index is 2.01. The summed E-state index contributed by atoms with van der Waals surface area (Å²) in [6.07, 6.45) is 6.38. The smallest absolute Gasteiger partial charge is 0.320 e. The zero-order chi connectivity index (χ0) is 14.8. The van der Waals surface area contributed by atoms with Gasteiger partial charge < -0.3 is 14.9 Å². The van der Waals surface area contributed by atoms with Crippen molar-refractivity contribution in [2.24, 2.45) is 5.41 Å². The summed E-state index contributed by atoms with van der Waals surface area (Å²) in [7, 11) is 0. The number of hydrogen-bond donors (Lipinski definition) is 1. The van der Waals surface area contributed by atoms with E-state index < -0.39 is 11.4 Å². The fraction of sp³-hybridized carbons (Fsp3) is 0.867. The Morgan fingerprint density at radius 3 is 2.45 bits per heavy atom. The average molecular weight is 282 g/mol. The van der Waals surface area contributed by atoms with E-state index in [9.17, 15) is 14.7 Å². The number of nitrogens with zero attached hydrogens (tertiary/aromatic N) is 2. The molecule has 2 amide bonds. The van der Waals surface area contributed by atoms with Gasteiger partial charge in [-0.3, -0.25) is 4.79 Å². The number of aliphatic carboxylic acids is 1. The Morgan fingerprint density at radius 1 is 1.30 bits per heavy atom. The molecule has 2 aliphatic rings. The lowest BCUT2D eigenvalue weighted by atomic mass is 9.90. The van der Waals surface area contributed by atoms with Crippen molar-refractivity contribution < 1.29 is 14.7 Å². The van der Waals surface area contributed by atoms with Crippen LogP contribution in [0.5, 0.6) is 0 Å². The minimum absolute atomic E-state index is 0.0318. The van der Waals surface area contributed by atoms with Gasteiger partial charge in [-0.2, -0.15) is 0 Å². The van der Waals surface area contributed by atoms with Crippen LogP contribution in [0.3, 0.4) is 0 Å². The number of rotatable bonds is 3. The van der Waals surface area contributed by atoms with Gasteiger partial charge in [0.2, 0.25) is 0 Å². The topological polar surface area (TPSA) is 60.9 Å². The minimum atomic E-state index is -0.798. The Morgan fingerprint density at radius 2 is 1.95 bits per heavy atom. The van der Waals surface area contributed by atoms with Crippen molar-refractivity contribution in [2.45, 2.75) is 58.4 Å². The molecule has 0 aromatic rings. The molecule has 1 N–H and O–H groups in total. The number of carboxylic acid groups (broad SMARTS) is 1. The van der Waals surface area contributed by atoms with Crippen molar-refractivity contribution in [1.29, 1.82) is 0 Å².